The van der Waals surface area contributed by atoms with Crippen LogP contribution >= 0.6 is 11.3 Å². The van der Waals surface area contributed by atoms with Gasteiger partial charge in [0.25, 0.3) is 17.4 Å². The van der Waals surface area contributed by atoms with Gasteiger partial charge in [0.2, 0.25) is 0 Å². The van der Waals surface area contributed by atoms with Gasteiger partial charge in [0.05, 0.1) is 0 Å². The number of halogens is 6. The topological polar surface area (TPSA) is 125 Å². The first-order valence-electron chi connectivity index (χ1n) is 10.8. The molecule has 2 rings (SSSR count). The average molecular weight is 575 g/mol. The number of alkyl halides is 6. The van der Waals surface area contributed by atoms with Crippen molar-refractivity contribution in [3.63, 3.8) is 0 Å². The lowest BCUT2D eigenvalue weighted by Gasteiger charge is -2.10. The van der Waals surface area contributed by atoms with Crippen LogP contribution in [0.4, 0.5) is 32.0 Å². The van der Waals surface area contributed by atoms with Gasteiger partial charge in [0, 0.05) is 24.5 Å². The zero-order chi connectivity index (χ0) is 29.2. The highest BCUT2D eigenvalue weighted by atomic mass is 32.1. The minimum Gasteiger partial charge on any atom is -0.484 e. The quantitative estimate of drug-likeness (QED) is 0.237. The van der Waals surface area contributed by atoms with Crippen molar-refractivity contribution < 1.29 is 40.7 Å². The van der Waals surface area contributed by atoms with E-state index in [0.29, 0.717) is 5.69 Å². The van der Waals surface area contributed by atoms with Gasteiger partial charge in [-0.15, -0.1) is 0 Å². The molecule has 0 saturated heterocycles. The van der Waals surface area contributed by atoms with Gasteiger partial charge in [-0.2, -0.15) is 31.6 Å². The number of ether oxygens (including phenoxy) is 1. The Bertz CT molecular complexity index is 1510. The first-order valence-corrected chi connectivity index (χ1v) is 11.6. The maximum absolute atomic E-state index is 12.6. The minimum atomic E-state index is -4.68. The van der Waals surface area contributed by atoms with Crippen LogP contribution in [-0.4, -0.2) is 48.4 Å². The predicted octanol–water partition coefficient (Wildman–Crippen LogP) is 1.50. The number of nitrogens with zero attached hydrogens (tertiary/aromatic N) is 2. The summed E-state index contributed by atoms with van der Waals surface area (Å²) >= 11 is 0.785. The van der Waals surface area contributed by atoms with Crippen molar-refractivity contribution in [2.45, 2.75) is 25.8 Å². The molecule has 0 aliphatic rings. The van der Waals surface area contributed by atoms with E-state index in [1.807, 2.05) is 0 Å². The maximum Gasteiger partial charge on any atom is 0.405 e. The lowest BCUT2D eigenvalue weighted by Crippen LogP contribution is -2.36. The number of hydrogen-bond donors (Lipinski definition) is 3. The second-order valence-corrected chi connectivity index (χ2v) is 8.34. The summed E-state index contributed by atoms with van der Waals surface area (Å²) in [6, 6.07) is 7.45. The van der Waals surface area contributed by atoms with Crippen LogP contribution in [0.15, 0.2) is 40.8 Å². The number of nitrogens with one attached hydrogen (secondary N) is 3. The van der Waals surface area contributed by atoms with Gasteiger partial charge < -0.3 is 20.7 Å². The molecule has 0 fully saturated rings. The zero-order valence-electron chi connectivity index (χ0n) is 19.9. The number of benzene rings is 1. The molecule has 1 aromatic heterocycles. The van der Waals surface area contributed by atoms with Gasteiger partial charge >= 0.3 is 12.4 Å². The van der Waals surface area contributed by atoms with Gasteiger partial charge in [-0.3, -0.25) is 19.0 Å². The van der Waals surface area contributed by atoms with Gasteiger partial charge in [-0.05, 0) is 19.1 Å². The second kappa shape index (κ2) is 13.4. The molecule has 1 heterocycles. The molecule has 0 radical (unpaired) electrons. The number of carbonyl (C=O) groups is 2. The van der Waals surface area contributed by atoms with Gasteiger partial charge in [-0.1, -0.05) is 28.9 Å². The summed E-state index contributed by atoms with van der Waals surface area (Å²) in [7, 11) is 0. The number of carbonyl (C=O) groups excluding carboxylic acids is 2. The molecule has 0 bridgehead atoms. The number of aromatic nitrogens is 1. The molecule has 0 aliphatic heterocycles. The van der Waals surface area contributed by atoms with Crippen LogP contribution in [0.3, 0.4) is 0 Å². The monoisotopic (exact) mass is 575 g/mol. The van der Waals surface area contributed by atoms with E-state index in [-0.39, 0.29) is 21.5 Å². The Kier molecular flexibility index (Phi) is 10.6. The van der Waals surface area contributed by atoms with Crippen LogP contribution in [0.25, 0.3) is 11.5 Å². The van der Waals surface area contributed by atoms with E-state index in [2.05, 4.69) is 16.8 Å². The lowest BCUT2D eigenvalue weighted by atomic mass is 10.3. The van der Waals surface area contributed by atoms with Crippen molar-refractivity contribution in [3.05, 3.63) is 55.6 Å². The van der Waals surface area contributed by atoms with Crippen LogP contribution in [-0.2, 0) is 16.1 Å². The predicted molar refractivity (Wildman–Crippen MR) is 128 cm³/mol. The van der Waals surface area contributed by atoms with Crippen LogP contribution in [0, 0.1) is 11.3 Å². The Morgan fingerprint density at radius 3 is 2.41 bits per heavy atom. The van der Waals surface area contributed by atoms with Gasteiger partial charge in [0.1, 0.15) is 34.1 Å². The molecule has 1 aromatic carbocycles. The zero-order valence-corrected chi connectivity index (χ0v) is 20.7. The molecule has 9 nitrogen and oxygen atoms in total. The number of hydrogen-bond acceptors (Lipinski definition) is 7. The average Bonchev–Trinajstić information content (AvgIpc) is 3.16. The van der Waals surface area contributed by atoms with Gasteiger partial charge in [-0.25, -0.2) is 0 Å². The van der Waals surface area contributed by atoms with Crippen molar-refractivity contribution in [1.82, 2.24) is 15.2 Å². The number of thiazole rings is 1. The van der Waals surface area contributed by atoms with Crippen molar-refractivity contribution in [3.8, 4) is 11.8 Å². The maximum atomic E-state index is 12.6. The van der Waals surface area contributed by atoms with Crippen LogP contribution in [0.1, 0.15) is 6.92 Å². The highest BCUT2D eigenvalue weighted by molar-refractivity contribution is 7.07. The van der Waals surface area contributed by atoms with E-state index in [1.165, 1.54) is 30.5 Å². The first kappa shape index (κ1) is 30.8. The van der Waals surface area contributed by atoms with Crippen LogP contribution < -0.4 is 35.4 Å². The summed E-state index contributed by atoms with van der Waals surface area (Å²) < 4.78 is 79.8. The Balaban J connectivity index is 2.25. The van der Waals surface area contributed by atoms with Crippen molar-refractivity contribution in [2.75, 3.05) is 25.0 Å². The first-order chi connectivity index (χ1) is 18.2. The summed E-state index contributed by atoms with van der Waals surface area (Å²) in [5.41, 5.74) is 4.15. The Morgan fingerprint density at radius 1 is 1.13 bits per heavy atom. The van der Waals surface area contributed by atoms with Crippen LogP contribution in [0.5, 0.6) is 5.75 Å². The normalized spacial score (nSPS) is 10.9. The summed E-state index contributed by atoms with van der Waals surface area (Å²) in [5, 5.41) is 15.2. The Morgan fingerprint density at radius 2 is 1.79 bits per heavy atom. The molecule has 3 N–H and O–H groups in total. The van der Waals surface area contributed by atoms with E-state index in [1.54, 1.807) is 23.6 Å². The summed E-state index contributed by atoms with van der Waals surface area (Å²) in [6.45, 7) is -2.09. The van der Waals surface area contributed by atoms with E-state index in [4.69, 9.17) is 10.00 Å². The smallest absolute Gasteiger partial charge is 0.405 e. The lowest BCUT2D eigenvalue weighted by molar-refractivity contribution is -0.139. The fourth-order valence-corrected chi connectivity index (χ4v) is 3.64. The SMILES string of the molecule is CCn1c(=C=C(C#N)C(=O)NCC(F)(F)F)sc(=C=CNc2cccc(OCC(=O)NCC(F)(F)F)c2)c1=O. The molecular formula is C23H19F6N5O4S. The molecule has 0 atom stereocenters. The second-order valence-electron chi connectivity index (χ2n) is 7.34. The highest BCUT2D eigenvalue weighted by Gasteiger charge is 2.28. The number of anilines is 1. The summed E-state index contributed by atoms with van der Waals surface area (Å²) in [6.07, 6.45) is -7.98. The molecule has 0 aliphatic carbocycles. The third-order valence-corrected chi connectivity index (χ3v) is 5.36. The fourth-order valence-electron chi connectivity index (χ4n) is 2.65. The molecule has 208 valence electrons. The van der Waals surface area contributed by atoms with E-state index in [9.17, 15) is 40.7 Å². The van der Waals surface area contributed by atoms with E-state index >= 15 is 0 Å². The summed E-state index contributed by atoms with van der Waals surface area (Å²) in [5.74, 6) is -2.11. The van der Waals surface area contributed by atoms with Crippen molar-refractivity contribution in [1.29, 1.82) is 5.26 Å². The van der Waals surface area contributed by atoms with E-state index < -0.39 is 55.0 Å². The number of rotatable bonds is 9. The van der Waals surface area contributed by atoms with Crippen molar-refractivity contribution in [2.24, 2.45) is 0 Å². The Hall–Kier alpha value is -4.44. The number of amides is 2. The fraction of sp³-hybridized carbons (Fsp3) is 0.304. The molecule has 0 spiro atoms. The molecule has 2 amide bonds. The molecule has 16 heteroatoms. The third-order valence-electron chi connectivity index (χ3n) is 4.35. The largest absolute Gasteiger partial charge is 0.484 e. The molecule has 2 aromatic rings. The van der Waals surface area contributed by atoms with Gasteiger partial charge in [0.15, 0.2) is 12.2 Å². The third kappa shape index (κ3) is 10.4. The standard InChI is InChI=1S/C23H19F6N5O4S/c1-2-34-19(8-14(10-30)20(36)33-13-23(27,28)29)39-17(21(34)37)6-7-31-15-4-3-5-16(9-15)38-11-18(35)32-12-22(24,25)26/h3-5,7,9,31H,2,11-13H2,1H3,(H,32,35)(H,33,36). The van der Waals surface area contributed by atoms with Crippen LogP contribution in [0.2, 0.25) is 0 Å². The highest BCUT2D eigenvalue weighted by Crippen LogP contribution is 2.17. The minimum absolute atomic E-state index is 0.0105. The molecular weight excluding hydrogens is 556 g/mol. The molecule has 0 unspecified atom stereocenters. The molecule has 39 heavy (non-hydrogen) atoms. The van der Waals surface area contributed by atoms with Crippen molar-refractivity contribution >= 4 is 40.3 Å². The Labute approximate surface area is 220 Å². The summed E-state index contributed by atoms with van der Waals surface area (Å²) in [4.78, 5) is 36.0. The molecule has 0 saturated carbocycles. The van der Waals surface area contributed by atoms with E-state index in [0.717, 1.165) is 15.9 Å². The number of nitriles is 1.